The lowest BCUT2D eigenvalue weighted by Gasteiger charge is -2.26. The quantitative estimate of drug-likeness (QED) is 0.606. The highest BCUT2D eigenvalue weighted by molar-refractivity contribution is 5.81. The zero-order valence-electron chi connectivity index (χ0n) is 12.8. The van der Waals surface area contributed by atoms with Crippen molar-refractivity contribution in [2.24, 2.45) is 10.9 Å². The van der Waals surface area contributed by atoms with Gasteiger partial charge in [0.15, 0.2) is 5.96 Å². The van der Waals surface area contributed by atoms with Gasteiger partial charge in [0.05, 0.1) is 0 Å². The minimum absolute atomic E-state index is 0.288. The van der Waals surface area contributed by atoms with Gasteiger partial charge in [0.1, 0.15) is 0 Å². The van der Waals surface area contributed by atoms with Crippen LogP contribution in [0.1, 0.15) is 45.4 Å². The Bertz CT molecular complexity index is 350. The topological polar surface area (TPSA) is 56.7 Å². The van der Waals surface area contributed by atoms with Crippen LogP contribution in [0.15, 0.2) is 4.99 Å². The van der Waals surface area contributed by atoms with Crippen LogP contribution in [0.5, 0.6) is 0 Å². The molecule has 1 saturated carbocycles. The Morgan fingerprint density at radius 1 is 1.25 bits per heavy atom. The van der Waals surface area contributed by atoms with Crippen molar-refractivity contribution >= 4 is 11.9 Å². The fraction of sp³-hybridized carbons (Fsp3) is 0.867. The van der Waals surface area contributed by atoms with Gasteiger partial charge in [0.25, 0.3) is 0 Å². The van der Waals surface area contributed by atoms with E-state index in [1.807, 2.05) is 4.90 Å². The zero-order valence-corrected chi connectivity index (χ0v) is 12.8. The maximum atomic E-state index is 12.5. The highest BCUT2D eigenvalue weighted by Gasteiger charge is 2.31. The number of nitrogens with zero attached hydrogens (tertiary/aromatic N) is 2. The van der Waals surface area contributed by atoms with Gasteiger partial charge in [-0.2, -0.15) is 0 Å². The summed E-state index contributed by atoms with van der Waals surface area (Å²) in [6, 6.07) is 0.334. The van der Waals surface area contributed by atoms with Gasteiger partial charge in [0, 0.05) is 38.6 Å². The monoisotopic (exact) mass is 280 g/mol. The number of rotatable bonds is 3. The van der Waals surface area contributed by atoms with E-state index in [9.17, 15) is 4.79 Å². The number of likely N-dealkylation sites (tertiary alicyclic amines) is 1. The summed E-state index contributed by atoms with van der Waals surface area (Å²) in [4.78, 5) is 18.7. The van der Waals surface area contributed by atoms with Crippen molar-refractivity contribution in [1.29, 1.82) is 0 Å². The smallest absolute Gasteiger partial charge is 0.225 e. The molecule has 1 aliphatic carbocycles. The molecule has 0 aromatic heterocycles. The zero-order chi connectivity index (χ0) is 14.4. The van der Waals surface area contributed by atoms with Crippen LogP contribution in [0.4, 0.5) is 0 Å². The number of hydrogen-bond acceptors (Lipinski definition) is 2. The van der Waals surface area contributed by atoms with Gasteiger partial charge in [-0.05, 0) is 26.2 Å². The van der Waals surface area contributed by atoms with E-state index in [0.29, 0.717) is 11.9 Å². The Balaban J connectivity index is 1.80. The highest BCUT2D eigenvalue weighted by Crippen LogP contribution is 2.26. The van der Waals surface area contributed by atoms with Crippen molar-refractivity contribution in [3.63, 3.8) is 0 Å². The molecule has 114 valence electrons. The Hall–Kier alpha value is -1.26. The van der Waals surface area contributed by atoms with E-state index in [1.165, 1.54) is 19.3 Å². The normalized spacial score (nSPS) is 24.8. The first-order valence-corrected chi connectivity index (χ1v) is 8.00. The molecule has 1 amide bonds. The SMILES string of the molecule is CCNC(=NC)NC1CCN(C(=O)C2CCCCC2)C1. The predicted molar refractivity (Wildman–Crippen MR) is 81.7 cm³/mol. The third kappa shape index (κ3) is 3.87. The van der Waals surface area contributed by atoms with E-state index in [1.54, 1.807) is 7.05 Å². The van der Waals surface area contributed by atoms with Crippen LogP contribution in [0.2, 0.25) is 0 Å². The van der Waals surface area contributed by atoms with Crippen molar-refractivity contribution in [2.75, 3.05) is 26.7 Å². The van der Waals surface area contributed by atoms with E-state index in [2.05, 4.69) is 22.5 Å². The Labute approximate surface area is 122 Å². The summed E-state index contributed by atoms with van der Waals surface area (Å²) < 4.78 is 0. The summed E-state index contributed by atoms with van der Waals surface area (Å²) in [5.74, 6) is 1.51. The number of amides is 1. The largest absolute Gasteiger partial charge is 0.357 e. The lowest BCUT2D eigenvalue weighted by Crippen LogP contribution is -2.45. The molecule has 1 heterocycles. The summed E-state index contributed by atoms with van der Waals surface area (Å²) in [6.45, 7) is 4.62. The fourth-order valence-corrected chi connectivity index (χ4v) is 3.24. The molecule has 2 rings (SSSR count). The summed E-state index contributed by atoms with van der Waals surface area (Å²) in [5.41, 5.74) is 0. The second-order valence-electron chi connectivity index (χ2n) is 5.85. The Morgan fingerprint density at radius 3 is 2.65 bits per heavy atom. The Morgan fingerprint density at radius 2 is 2.00 bits per heavy atom. The standard InChI is InChI=1S/C15H28N4O/c1-3-17-15(16-2)18-13-9-10-19(11-13)14(20)12-7-5-4-6-8-12/h12-13H,3-11H2,1-2H3,(H2,16,17,18). The van der Waals surface area contributed by atoms with Gasteiger partial charge in [-0.3, -0.25) is 9.79 Å². The van der Waals surface area contributed by atoms with Gasteiger partial charge in [-0.1, -0.05) is 19.3 Å². The summed E-state index contributed by atoms with van der Waals surface area (Å²) >= 11 is 0. The van der Waals surface area contributed by atoms with Gasteiger partial charge in [-0.15, -0.1) is 0 Å². The molecular formula is C15H28N4O. The van der Waals surface area contributed by atoms with E-state index in [4.69, 9.17) is 0 Å². The van der Waals surface area contributed by atoms with E-state index in [0.717, 1.165) is 44.9 Å². The first kappa shape index (κ1) is 15.1. The van der Waals surface area contributed by atoms with Crippen LogP contribution in [0, 0.1) is 5.92 Å². The van der Waals surface area contributed by atoms with Crippen LogP contribution < -0.4 is 10.6 Å². The molecular weight excluding hydrogens is 252 g/mol. The molecule has 1 saturated heterocycles. The van der Waals surface area contributed by atoms with E-state index >= 15 is 0 Å². The number of nitrogens with one attached hydrogen (secondary N) is 2. The van der Waals surface area contributed by atoms with Gasteiger partial charge in [0.2, 0.25) is 5.91 Å². The minimum atomic E-state index is 0.288. The number of carbonyl (C=O) groups excluding carboxylic acids is 1. The predicted octanol–water partition coefficient (Wildman–Crippen LogP) is 1.35. The third-order valence-electron chi connectivity index (χ3n) is 4.36. The molecule has 2 fully saturated rings. The van der Waals surface area contributed by atoms with Gasteiger partial charge < -0.3 is 15.5 Å². The number of aliphatic imine (C=N–C) groups is 1. The third-order valence-corrected chi connectivity index (χ3v) is 4.36. The summed E-state index contributed by atoms with van der Waals surface area (Å²) in [5, 5.41) is 6.60. The average molecular weight is 280 g/mol. The second kappa shape index (κ2) is 7.50. The van der Waals surface area contributed by atoms with E-state index < -0.39 is 0 Å². The first-order valence-electron chi connectivity index (χ1n) is 8.00. The van der Waals surface area contributed by atoms with Crippen molar-refractivity contribution in [1.82, 2.24) is 15.5 Å². The van der Waals surface area contributed by atoms with Gasteiger partial charge in [-0.25, -0.2) is 0 Å². The molecule has 1 atom stereocenters. The number of guanidine groups is 1. The fourth-order valence-electron chi connectivity index (χ4n) is 3.24. The summed E-state index contributed by atoms with van der Waals surface area (Å²) in [7, 11) is 1.78. The second-order valence-corrected chi connectivity index (χ2v) is 5.85. The molecule has 2 N–H and O–H groups in total. The molecule has 0 spiro atoms. The van der Waals surface area contributed by atoms with Crippen molar-refractivity contribution in [3.8, 4) is 0 Å². The molecule has 0 aromatic carbocycles. The molecule has 20 heavy (non-hydrogen) atoms. The van der Waals surface area contributed by atoms with Crippen LogP contribution in [0.3, 0.4) is 0 Å². The molecule has 5 heteroatoms. The lowest BCUT2D eigenvalue weighted by molar-refractivity contribution is -0.135. The van der Waals surface area contributed by atoms with Crippen LogP contribution >= 0.6 is 0 Å². The van der Waals surface area contributed by atoms with Crippen LogP contribution in [-0.2, 0) is 4.79 Å². The molecule has 1 unspecified atom stereocenters. The average Bonchev–Trinajstić information content (AvgIpc) is 2.95. The van der Waals surface area contributed by atoms with Crippen LogP contribution in [-0.4, -0.2) is 49.5 Å². The number of carbonyl (C=O) groups is 1. The number of hydrogen-bond donors (Lipinski definition) is 2. The Kier molecular flexibility index (Phi) is 5.68. The van der Waals surface area contributed by atoms with Crippen molar-refractivity contribution < 1.29 is 4.79 Å². The molecule has 1 aliphatic heterocycles. The first-order chi connectivity index (χ1) is 9.74. The summed E-state index contributed by atoms with van der Waals surface area (Å²) in [6.07, 6.45) is 6.94. The van der Waals surface area contributed by atoms with Crippen molar-refractivity contribution in [3.05, 3.63) is 0 Å². The molecule has 0 bridgehead atoms. The molecule has 0 aromatic rings. The van der Waals surface area contributed by atoms with E-state index in [-0.39, 0.29) is 5.92 Å². The van der Waals surface area contributed by atoms with Gasteiger partial charge >= 0.3 is 0 Å². The maximum absolute atomic E-state index is 12.5. The molecule has 5 nitrogen and oxygen atoms in total. The minimum Gasteiger partial charge on any atom is -0.357 e. The van der Waals surface area contributed by atoms with Crippen LogP contribution in [0.25, 0.3) is 0 Å². The lowest BCUT2D eigenvalue weighted by atomic mass is 9.88. The molecule has 0 radical (unpaired) electrons. The van der Waals surface area contributed by atoms with Crippen molar-refractivity contribution in [2.45, 2.75) is 51.5 Å². The molecule has 2 aliphatic rings. The maximum Gasteiger partial charge on any atom is 0.225 e. The highest BCUT2D eigenvalue weighted by atomic mass is 16.2.